The molecule has 0 amide bonds. The van der Waals surface area contributed by atoms with Crippen LogP contribution in [-0.4, -0.2) is 33.4 Å². The third kappa shape index (κ3) is 3.07. The fraction of sp³-hybridized carbons (Fsp3) is 1.00. The fourth-order valence-corrected chi connectivity index (χ4v) is 4.29. The van der Waals surface area contributed by atoms with E-state index in [-0.39, 0.29) is 0 Å². The lowest BCUT2D eigenvalue weighted by atomic mass is 9.84. The van der Waals surface area contributed by atoms with Crippen molar-refractivity contribution in [3.8, 4) is 0 Å². The van der Waals surface area contributed by atoms with Gasteiger partial charge in [-0.2, -0.15) is 0 Å². The first-order valence-corrected chi connectivity index (χ1v) is 7.73. The maximum atomic E-state index is 2.71. The van der Waals surface area contributed by atoms with Gasteiger partial charge in [0.2, 0.25) is 0 Å². The Morgan fingerprint density at radius 3 is 1.47 bits per heavy atom. The van der Waals surface area contributed by atoms with Crippen molar-refractivity contribution in [3.63, 3.8) is 0 Å². The van der Waals surface area contributed by atoms with Gasteiger partial charge in [0.1, 0.15) is 0 Å². The molecule has 2 unspecified atom stereocenters. The average Bonchev–Trinajstić information content (AvgIpc) is 2.27. The number of nitrogens with zero attached hydrogens (tertiary/aromatic N) is 1. The van der Waals surface area contributed by atoms with E-state index in [4.69, 9.17) is 0 Å². The molecule has 0 fully saturated rings. The quantitative estimate of drug-likeness (QED) is 0.606. The third-order valence-corrected chi connectivity index (χ3v) is 7.27. The lowest BCUT2D eigenvalue weighted by Crippen LogP contribution is -2.57. The molecule has 0 heterocycles. The van der Waals surface area contributed by atoms with Crippen LogP contribution in [0.15, 0.2) is 0 Å². The first-order valence-electron chi connectivity index (χ1n) is 6.73. The smallest absolute Gasteiger partial charge is 0.0290 e. The van der Waals surface area contributed by atoms with Crippen molar-refractivity contribution in [2.75, 3.05) is 13.1 Å². The van der Waals surface area contributed by atoms with E-state index in [1.54, 1.807) is 0 Å². The topological polar surface area (TPSA) is 3.24 Å². The summed E-state index contributed by atoms with van der Waals surface area (Å²) in [6.45, 7) is 16.6. The van der Waals surface area contributed by atoms with Crippen molar-refractivity contribution >= 4 is 10.2 Å². The molecule has 0 N–H and O–H groups in total. The van der Waals surface area contributed by atoms with Gasteiger partial charge >= 0.3 is 0 Å². The van der Waals surface area contributed by atoms with Crippen LogP contribution >= 0.6 is 0 Å². The largest absolute Gasteiger partial charge is 0.301 e. The lowest BCUT2D eigenvalue weighted by molar-refractivity contribution is 0.0684. The predicted octanol–water partition coefficient (Wildman–Crippen LogP) is 2.48. The van der Waals surface area contributed by atoms with Gasteiger partial charge in [-0.1, -0.05) is 54.4 Å². The van der Waals surface area contributed by atoms with Gasteiger partial charge in [-0.05, 0) is 24.9 Å². The van der Waals surface area contributed by atoms with E-state index in [9.17, 15) is 0 Å². The highest BCUT2D eigenvalue weighted by atomic mass is 28.1. The molecule has 0 aromatic rings. The second-order valence-electron chi connectivity index (χ2n) is 5.02. The van der Waals surface area contributed by atoms with Crippen molar-refractivity contribution in [2.45, 2.75) is 59.5 Å². The Labute approximate surface area is 100 Å². The van der Waals surface area contributed by atoms with Crippen LogP contribution in [0.4, 0.5) is 0 Å². The van der Waals surface area contributed by atoms with Gasteiger partial charge < -0.3 is 4.90 Å². The van der Waals surface area contributed by atoms with Crippen molar-refractivity contribution in [1.29, 1.82) is 0 Å². The molecule has 0 saturated heterocycles. The normalized spacial score (nSPS) is 20.2. The fourth-order valence-electron chi connectivity index (χ4n) is 2.84. The SMILES string of the molecule is CCC(C)C([SiH3])(C(C)CC)N(CC)CC. The molecule has 2 heteroatoms. The van der Waals surface area contributed by atoms with Crippen LogP contribution in [0.1, 0.15) is 54.4 Å². The second-order valence-corrected chi connectivity index (χ2v) is 6.62. The Kier molecular flexibility index (Phi) is 6.77. The van der Waals surface area contributed by atoms with Crippen molar-refractivity contribution in [3.05, 3.63) is 0 Å². The van der Waals surface area contributed by atoms with E-state index in [0.29, 0.717) is 5.16 Å². The summed E-state index contributed by atoms with van der Waals surface area (Å²) >= 11 is 0. The molecule has 15 heavy (non-hydrogen) atoms. The number of rotatable bonds is 7. The minimum atomic E-state index is 0.507. The molecule has 0 aromatic carbocycles. The van der Waals surface area contributed by atoms with Gasteiger partial charge in [0.05, 0.1) is 0 Å². The van der Waals surface area contributed by atoms with Crippen LogP contribution in [-0.2, 0) is 0 Å². The Balaban J connectivity index is 4.98. The zero-order chi connectivity index (χ0) is 12.1. The summed E-state index contributed by atoms with van der Waals surface area (Å²) in [5, 5.41) is 0.507. The molecule has 0 rings (SSSR count). The predicted molar refractivity (Wildman–Crippen MR) is 74.5 cm³/mol. The highest BCUT2D eigenvalue weighted by Gasteiger charge is 2.38. The van der Waals surface area contributed by atoms with Crippen LogP contribution in [0.2, 0.25) is 0 Å². The second kappa shape index (κ2) is 6.69. The standard InChI is InChI=1S/C13H31NSi/c1-7-11(5)13(15,12(6)8-2)14(9-3)10-4/h11-12H,7-10H2,1-6,15H3. The Morgan fingerprint density at radius 1 is 0.933 bits per heavy atom. The molecule has 1 nitrogen and oxygen atoms in total. The summed E-state index contributed by atoms with van der Waals surface area (Å²) in [5.74, 6) is 1.66. The summed E-state index contributed by atoms with van der Waals surface area (Å²) < 4.78 is 0. The van der Waals surface area contributed by atoms with Gasteiger partial charge in [0, 0.05) is 15.4 Å². The maximum absolute atomic E-state index is 2.71. The van der Waals surface area contributed by atoms with E-state index in [1.807, 2.05) is 0 Å². The minimum absolute atomic E-state index is 0.507. The van der Waals surface area contributed by atoms with Crippen LogP contribution in [0.5, 0.6) is 0 Å². The van der Waals surface area contributed by atoms with Crippen LogP contribution in [0.25, 0.3) is 0 Å². The molecule has 0 bridgehead atoms. The van der Waals surface area contributed by atoms with Crippen molar-refractivity contribution in [2.24, 2.45) is 11.8 Å². The first kappa shape index (κ1) is 15.2. The van der Waals surface area contributed by atoms with E-state index in [1.165, 1.54) is 36.2 Å². The van der Waals surface area contributed by atoms with E-state index >= 15 is 0 Å². The molecule has 0 aliphatic rings. The van der Waals surface area contributed by atoms with Crippen LogP contribution in [0, 0.1) is 11.8 Å². The Hall–Kier alpha value is 0.177. The highest BCUT2D eigenvalue weighted by molar-refractivity contribution is 6.15. The van der Waals surface area contributed by atoms with Gasteiger partial charge in [-0.3, -0.25) is 0 Å². The van der Waals surface area contributed by atoms with Crippen LogP contribution < -0.4 is 0 Å². The Bertz CT molecular complexity index is 156. The van der Waals surface area contributed by atoms with Gasteiger partial charge in [-0.25, -0.2) is 0 Å². The van der Waals surface area contributed by atoms with Gasteiger partial charge in [0.25, 0.3) is 0 Å². The molecule has 0 spiro atoms. The van der Waals surface area contributed by atoms with E-state index < -0.39 is 0 Å². The van der Waals surface area contributed by atoms with Gasteiger partial charge in [0.15, 0.2) is 0 Å². The minimum Gasteiger partial charge on any atom is -0.301 e. The number of hydrogen-bond donors (Lipinski definition) is 0. The summed E-state index contributed by atoms with van der Waals surface area (Å²) in [6.07, 6.45) is 2.62. The molecule has 92 valence electrons. The third-order valence-electron chi connectivity index (χ3n) is 4.66. The molecule has 2 atom stereocenters. The zero-order valence-corrected chi connectivity index (χ0v) is 13.9. The first-order chi connectivity index (χ1) is 6.98. The molecular formula is C13H31NSi. The van der Waals surface area contributed by atoms with Crippen LogP contribution in [0.3, 0.4) is 0 Å². The summed E-state index contributed by atoms with van der Waals surface area (Å²) in [4.78, 5) is 2.71. The molecule has 0 aromatic heterocycles. The summed E-state index contributed by atoms with van der Waals surface area (Å²) in [6, 6.07) is 0. The number of hydrogen-bond acceptors (Lipinski definition) is 1. The molecule has 0 aliphatic heterocycles. The lowest BCUT2D eigenvalue weighted by Gasteiger charge is -2.49. The molecule has 0 radical (unpaired) electrons. The van der Waals surface area contributed by atoms with Crippen molar-refractivity contribution in [1.82, 2.24) is 4.90 Å². The zero-order valence-electron chi connectivity index (χ0n) is 11.9. The Morgan fingerprint density at radius 2 is 1.27 bits per heavy atom. The molecular weight excluding hydrogens is 198 g/mol. The maximum Gasteiger partial charge on any atom is 0.0290 e. The van der Waals surface area contributed by atoms with Gasteiger partial charge in [-0.15, -0.1) is 0 Å². The average molecular weight is 229 g/mol. The molecule has 0 aliphatic carbocycles. The van der Waals surface area contributed by atoms with E-state index in [0.717, 1.165) is 11.8 Å². The highest BCUT2D eigenvalue weighted by Crippen LogP contribution is 2.33. The molecule has 0 saturated carbocycles. The summed E-state index contributed by atoms with van der Waals surface area (Å²) in [5.41, 5.74) is 0. The summed E-state index contributed by atoms with van der Waals surface area (Å²) in [7, 11) is 1.28. The monoisotopic (exact) mass is 229 g/mol. The van der Waals surface area contributed by atoms with Crippen molar-refractivity contribution < 1.29 is 0 Å². The van der Waals surface area contributed by atoms with E-state index in [2.05, 4.69) is 46.4 Å².